The van der Waals surface area contributed by atoms with Crippen molar-refractivity contribution >= 4 is 38.1 Å². The molecular formula is C20H26N4O4S2. The van der Waals surface area contributed by atoms with Gasteiger partial charge in [0.25, 0.3) is 0 Å². The first kappa shape index (κ1) is 21.2. The number of anilines is 2. The Bertz CT molecular complexity index is 984. The van der Waals surface area contributed by atoms with Crippen LogP contribution in [0.3, 0.4) is 0 Å². The van der Waals surface area contributed by atoms with Crippen LogP contribution in [0.1, 0.15) is 19.3 Å². The molecule has 2 aliphatic rings. The van der Waals surface area contributed by atoms with Crippen LogP contribution in [0.15, 0.2) is 29.6 Å². The van der Waals surface area contributed by atoms with Gasteiger partial charge in [0.05, 0.1) is 25.2 Å². The van der Waals surface area contributed by atoms with Crippen LogP contribution in [-0.2, 0) is 19.6 Å². The van der Waals surface area contributed by atoms with Gasteiger partial charge in [-0.15, -0.1) is 11.3 Å². The summed E-state index contributed by atoms with van der Waals surface area (Å²) in [6.07, 6.45) is 3.33. The first-order valence-electron chi connectivity index (χ1n) is 10.1. The maximum absolute atomic E-state index is 12.7. The third-order valence-corrected chi connectivity index (χ3v) is 7.59. The van der Waals surface area contributed by atoms with Gasteiger partial charge in [-0.3, -0.25) is 4.79 Å². The standard InChI is InChI=1S/C20H26N4O4S2/c1-30(26,27)24-9-3-2-4-18(24)19(25)21-16-7-5-15(6-8-16)17-14-29-20(22-17)23-10-12-28-13-11-23/h5-8,14,18H,2-4,9-13H2,1H3,(H,21,25). The zero-order chi connectivity index (χ0) is 21.1. The number of nitrogens with one attached hydrogen (secondary N) is 1. The van der Waals surface area contributed by atoms with Crippen LogP contribution in [0, 0.1) is 0 Å². The predicted molar refractivity (Wildman–Crippen MR) is 118 cm³/mol. The second-order valence-corrected chi connectivity index (χ2v) is 10.3. The van der Waals surface area contributed by atoms with E-state index in [2.05, 4.69) is 10.2 Å². The number of benzene rings is 1. The van der Waals surface area contributed by atoms with Crippen molar-refractivity contribution in [3.8, 4) is 11.3 Å². The van der Waals surface area contributed by atoms with Crippen LogP contribution in [0.25, 0.3) is 11.3 Å². The van der Waals surface area contributed by atoms with Crippen LogP contribution in [-0.4, -0.2) is 68.8 Å². The molecule has 2 aliphatic heterocycles. The van der Waals surface area contributed by atoms with Crippen LogP contribution in [0.4, 0.5) is 10.8 Å². The number of hydrogen-bond donors (Lipinski definition) is 1. The second kappa shape index (κ2) is 9.01. The molecule has 2 aromatic rings. The Morgan fingerprint density at radius 1 is 1.17 bits per heavy atom. The van der Waals surface area contributed by atoms with Gasteiger partial charge in [-0.05, 0) is 25.0 Å². The third kappa shape index (κ3) is 4.83. The van der Waals surface area contributed by atoms with E-state index in [1.54, 1.807) is 11.3 Å². The Morgan fingerprint density at radius 3 is 2.60 bits per heavy atom. The lowest BCUT2D eigenvalue weighted by Gasteiger charge is -2.32. The number of carbonyl (C=O) groups excluding carboxylic acids is 1. The number of aromatic nitrogens is 1. The number of sulfonamides is 1. The average molecular weight is 451 g/mol. The molecule has 0 spiro atoms. The van der Waals surface area contributed by atoms with Crippen molar-refractivity contribution in [3.63, 3.8) is 0 Å². The number of morpholine rings is 1. The lowest BCUT2D eigenvalue weighted by atomic mass is 10.0. The fraction of sp³-hybridized carbons (Fsp3) is 0.500. The molecule has 3 heterocycles. The summed E-state index contributed by atoms with van der Waals surface area (Å²) in [7, 11) is -3.41. The molecule has 1 aromatic carbocycles. The molecule has 1 unspecified atom stereocenters. The highest BCUT2D eigenvalue weighted by molar-refractivity contribution is 7.88. The third-order valence-electron chi connectivity index (χ3n) is 5.40. The number of thiazole rings is 1. The minimum Gasteiger partial charge on any atom is -0.378 e. The van der Waals surface area contributed by atoms with Gasteiger partial charge in [0, 0.05) is 36.3 Å². The van der Waals surface area contributed by atoms with Crippen LogP contribution >= 0.6 is 11.3 Å². The number of ether oxygens (including phenoxy) is 1. The highest BCUT2D eigenvalue weighted by Gasteiger charge is 2.34. The molecule has 162 valence electrons. The van der Waals surface area contributed by atoms with Crippen molar-refractivity contribution in [1.82, 2.24) is 9.29 Å². The second-order valence-electron chi connectivity index (χ2n) is 7.57. The normalized spacial score (nSPS) is 20.8. The molecule has 0 radical (unpaired) electrons. The zero-order valence-corrected chi connectivity index (χ0v) is 18.5. The summed E-state index contributed by atoms with van der Waals surface area (Å²) in [6.45, 7) is 3.54. The van der Waals surface area contributed by atoms with E-state index in [-0.39, 0.29) is 5.91 Å². The minimum absolute atomic E-state index is 0.281. The molecule has 1 amide bonds. The predicted octanol–water partition coefficient (Wildman–Crippen LogP) is 2.40. The molecule has 4 rings (SSSR count). The molecule has 2 saturated heterocycles. The molecular weight excluding hydrogens is 424 g/mol. The Kier molecular flexibility index (Phi) is 6.37. The topological polar surface area (TPSA) is 91.8 Å². The zero-order valence-electron chi connectivity index (χ0n) is 16.9. The van der Waals surface area contributed by atoms with Crippen molar-refractivity contribution in [2.45, 2.75) is 25.3 Å². The molecule has 1 atom stereocenters. The Labute approximate surface area is 180 Å². The molecule has 0 aliphatic carbocycles. The summed E-state index contributed by atoms with van der Waals surface area (Å²) in [5.74, 6) is -0.281. The maximum Gasteiger partial charge on any atom is 0.242 e. The van der Waals surface area contributed by atoms with Crippen molar-refractivity contribution in [2.24, 2.45) is 0 Å². The highest BCUT2D eigenvalue weighted by atomic mass is 32.2. The molecule has 30 heavy (non-hydrogen) atoms. The fourth-order valence-corrected chi connectivity index (χ4v) is 5.82. The van der Waals surface area contributed by atoms with E-state index in [4.69, 9.17) is 9.72 Å². The van der Waals surface area contributed by atoms with Gasteiger partial charge in [0.15, 0.2) is 5.13 Å². The smallest absolute Gasteiger partial charge is 0.242 e. The summed E-state index contributed by atoms with van der Waals surface area (Å²) in [4.78, 5) is 19.7. The van der Waals surface area contributed by atoms with Gasteiger partial charge in [-0.25, -0.2) is 13.4 Å². The monoisotopic (exact) mass is 450 g/mol. The molecule has 0 bridgehead atoms. The molecule has 10 heteroatoms. The Balaban J connectivity index is 1.42. The fourth-order valence-electron chi connectivity index (χ4n) is 3.81. The first-order valence-corrected chi connectivity index (χ1v) is 12.8. The summed E-state index contributed by atoms with van der Waals surface area (Å²) in [5, 5.41) is 5.89. The van der Waals surface area contributed by atoms with Crippen molar-refractivity contribution in [2.75, 3.05) is 49.3 Å². The Morgan fingerprint density at radius 2 is 1.90 bits per heavy atom. The van der Waals surface area contributed by atoms with E-state index in [1.165, 1.54) is 4.31 Å². The molecule has 1 N–H and O–H groups in total. The Hall–Kier alpha value is -2.01. The molecule has 2 fully saturated rings. The van der Waals surface area contributed by atoms with Gasteiger partial charge < -0.3 is 15.0 Å². The largest absolute Gasteiger partial charge is 0.378 e. The van der Waals surface area contributed by atoms with Crippen molar-refractivity contribution in [1.29, 1.82) is 0 Å². The quantitative estimate of drug-likeness (QED) is 0.752. The van der Waals surface area contributed by atoms with Crippen LogP contribution < -0.4 is 10.2 Å². The van der Waals surface area contributed by atoms with E-state index < -0.39 is 16.1 Å². The number of piperidine rings is 1. The van der Waals surface area contributed by atoms with Gasteiger partial charge in [-0.1, -0.05) is 18.6 Å². The average Bonchev–Trinajstić information content (AvgIpc) is 3.25. The van der Waals surface area contributed by atoms with E-state index in [0.717, 1.165) is 61.8 Å². The van der Waals surface area contributed by atoms with Gasteiger partial charge in [0.2, 0.25) is 15.9 Å². The van der Waals surface area contributed by atoms with E-state index in [1.807, 2.05) is 29.6 Å². The SMILES string of the molecule is CS(=O)(=O)N1CCCCC1C(=O)Nc1ccc(-c2csc(N3CCOCC3)n2)cc1. The number of amides is 1. The number of hydrogen-bond acceptors (Lipinski definition) is 7. The maximum atomic E-state index is 12.7. The van der Waals surface area contributed by atoms with Gasteiger partial charge in [0.1, 0.15) is 6.04 Å². The number of rotatable bonds is 5. The van der Waals surface area contributed by atoms with E-state index in [0.29, 0.717) is 18.7 Å². The van der Waals surface area contributed by atoms with Crippen LogP contribution in [0.2, 0.25) is 0 Å². The highest BCUT2D eigenvalue weighted by Crippen LogP contribution is 2.29. The minimum atomic E-state index is -3.41. The van der Waals surface area contributed by atoms with Crippen molar-refractivity contribution < 1.29 is 17.9 Å². The molecule has 1 aromatic heterocycles. The number of nitrogens with zero attached hydrogens (tertiary/aromatic N) is 3. The van der Waals surface area contributed by atoms with Gasteiger partial charge >= 0.3 is 0 Å². The van der Waals surface area contributed by atoms with Crippen molar-refractivity contribution in [3.05, 3.63) is 29.6 Å². The summed E-state index contributed by atoms with van der Waals surface area (Å²) >= 11 is 1.61. The van der Waals surface area contributed by atoms with Crippen LogP contribution in [0.5, 0.6) is 0 Å². The molecule has 8 nitrogen and oxygen atoms in total. The lowest BCUT2D eigenvalue weighted by molar-refractivity contribution is -0.120. The summed E-state index contributed by atoms with van der Waals surface area (Å²) in [5.41, 5.74) is 2.51. The number of carbonyl (C=O) groups is 1. The van der Waals surface area contributed by atoms with Gasteiger partial charge in [-0.2, -0.15) is 4.31 Å². The first-order chi connectivity index (χ1) is 14.4. The van der Waals surface area contributed by atoms with E-state index >= 15 is 0 Å². The van der Waals surface area contributed by atoms with E-state index in [9.17, 15) is 13.2 Å². The summed E-state index contributed by atoms with van der Waals surface area (Å²) < 4.78 is 30.7. The summed E-state index contributed by atoms with van der Waals surface area (Å²) in [6, 6.07) is 6.85. The molecule has 0 saturated carbocycles. The lowest BCUT2D eigenvalue weighted by Crippen LogP contribution is -2.49.